The molecule has 0 unspecified atom stereocenters. The number of nitrogens with zero attached hydrogens (tertiary/aromatic N) is 3. The SMILES string of the molecule is CCCCN(CC)S(=O)(=O)c1ccc(C(=O)Nc2nnc(-c3ccc(OC)c(OC)c3)o2)cc1. The first kappa shape index (κ1) is 25.2. The van der Waals surface area contributed by atoms with Crippen LogP contribution >= 0.6 is 0 Å². The molecule has 1 amide bonds. The van der Waals surface area contributed by atoms with E-state index in [-0.39, 0.29) is 22.4 Å². The summed E-state index contributed by atoms with van der Waals surface area (Å²) < 4.78 is 43.1. The Balaban J connectivity index is 1.72. The topological polar surface area (TPSA) is 124 Å². The molecule has 0 fully saturated rings. The standard InChI is InChI=1S/C23H28N4O6S/c1-5-7-14-27(6-2)34(29,30)18-11-8-16(9-12-18)21(28)24-23-26-25-22(33-23)17-10-13-19(31-3)20(15-17)32-4/h8-13,15H,5-7,14H2,1-4H3,(H,24,26,28). The van der Waals surface area contributed by atoms with Gasteiger partial charge in [0.25, 0.3) is 5.91 Å². The Morgan fingerprint density at radius 2 is 1.74 bits per heavy atom. The highest BCUT2D eigenvalue weighted by Crippen LogP contribution is 2.32. The van der Waals surface area contributed by atoms with Crippen LogP contribution in [0.1, 0.15) is 37.0 Å². The fourth-order valence-corrected chi connectivity index (χ4v) is 4.73. The van der Waals surface area contributed by atoms with Gasteiger partial charge in [-0.15, -0.1) is 5.10 Å². The predicted octanol–water partition coefficient (Wildman–Crippen LogP) is 3.82. The van der Waals surface area contributed by atoms with E-state index in [0.29, 0.717) is 30.2 Å². The summed E-state index contributed by atoms with van der Waals surface area (Å²) >= 11 is 0. The Labute approximate surface area is 198 Å². The minimum atomic E-state index is -3.62. The molecule has 0 spiro atoms. The van der Waals surface area contributed by atoms with Crippen molar-refractivity contribution in [2.45, 2.75) is 31.6 Å². The van der Waals surface area contributed by atoms with Gasteiger partial charge in [-0.05, 0) is 48.9 Å². The summed E-state index contributed by atoms with van der Waals surface area (Å²) in [5.74, 6) is 0.724. The van der Waals surface area contributed by atoms with Crippen molar-refractivity contribution < 1.29 is 27.1 Å². The van der Waals surface area contributed by atoms with E-state index in [4.69, 9.17) is 13.9 Å². The van der Waals surface area contributed by atoms with Crippen molar-refractivity contribution in [1.29, 1.82) is 0 Å². The molecule has 0 bridgehead atoms. The average Bonchev–Trinajstić information content (AvgIpc) is 3.32. The van der Waals surface area contributed by atoms with Gasteiger partial charge in [0, 0.05) is 24.2 Å². The molecule has 0 aliphatic heterocycles. The van der Waals surface area contributed by atoms with Crippen molar-refractivity contribution in [3.05, 3.63) is 48.0 Å². The van der Waals surface area contributed by atoms with Gasteiger partial charge in [-0.25, -0.2) is 8.42 Å². The van der Waals surface area contributed by atoms with Crippen molar-refractivity contribution in [2.75, 3.05) is 32.6 Å². The van der Waals surface area contributed by atoms with Gasteiger partial charge in [-0.3, -0.25) is 10.1 Å². The average molecular weight is 489 g/mol. The fourth-order valence-electron chi connectivity index (χ4n) is 3.24. The van der Waals surface area contributed by atoms with Crippen molar-refractivity contribution in [1.82, 2.24) is 14.5 Å². The Hall–Kier alpha value is -3.44. The molecular weight excluding hydrogens is 460 g/mol. The molecule has 0 aliphatic carbocycles. The zero-order chi connectivity index (χ0) is 24.7. The molecule has 0 radical (unpaired) electrons. The largest absolute Gasteiger partial charge is 0.493 e. The maximum Gasteiger partial charge on any atom is 0.322 e. The maximum absolute atomic E-state index is 12.8. The van der Waals surface area contributed by atoms with Crippen LogP contribution in [-0.4, -0.2) is 56.1 Å². The Kier molecular flexibility index (Phi) is 8.24. The van der Waals surface area contributed by atoms with Crippen molar-refractivity contribution in [3.8, 4) is 23.0 Å². The number of carbonyl (C=O) groups excluding carboxylic acids is 1. The molecule has 3 aromatic rings. The number of carbonyl (C=O) groups is 1. The highest BCUT2D eigenvalue weighted by molar-refractivity contribution is 7.89. The fraction of sp³-hybridized carbons (Fsp3) is 0.348. The number of anilines is 1. The first-order valence-electron chi connectivity index (χ1n) is 10.8. The van der Waals surface area contributed by atoms with Crippen molar-refractivity contribution in [3.63, 3.8) is 0 Å². The van der Waals surface area contributed by atoms with Gasteiger partial charge < -0.3 is 13.9 Å². The Morgan fingerprint density at radius 3 is 2.35 bits per heavy atom. The molecule has 0 aliphatic rings. The highest BCUT2D eigenvalue weighted by Gasteiger charge is 2.23. The molecule has 3 rings (SSSR count). The number of hydrogen-bond donors (Lipinski definition) is 1. The van der Waals surface area contributed by atoms with Gasteiger partial charge in [0.1, 0.15) is 0 Å². The van der Waals surface area contributed by atoms with E-state index >= 15 is 0 Å². The number of nitrogens with one attached hydrogen (secondary N) is 1. The smallest absolute Gasteiger partial charge is 0.322 e. The highest BCUT2D eigenvalue weighted by atomic mass is 32.2. The number of rotatable bonds is 11. The summed E-state index contributed by atoms with van der Waals surface area (Å²) in [6, 6.07) is 10.7. The predicted molar refractivity (Wildman–Crippen MR) is 127 cm³/mol. The molecule has 34 heavy (non-hydrogen) atoms. The third kappa shape index (κ3) is 5.54. The lowest BCUT2D eigenvalue weighted by atomic mass is 10.2. The van der Waals surface area contributed by atoms with Crippen LogP contribution in [0.15, 0.2) is 51.8 Å². The summed E-state index contributed by atoms with van der Waals surface area (Å²) in [6.07, 6.45) is 1.68. The molecule has 182 valence electrons. The van der Waals surface area contributed by atoms with E-state index in [1.165, 1.54) is 42.8 Å². The molecule has 10 nitrogen and oxygen atoms in total. The zero-order valence-corrected chi connectivity index (χ0v) is 20.4. The Morgan fingerprint density at radius 1 is 1.03 bits per heavy atom. The number of methoxy groups -OCH3 is 2. The minimum absolute atomic E-state index is 0.0943. The monoisotopic (exact) mass is 488 g/mol. The molecular formula is C23H28N4O6S. The molecule has 0 atom stereocenters. The third-order valence-corrected chi connectivity index (χ3v) is 7.13. The lowest BCUT2D eigenvalue weighted by Crippen LogP contribution is -2.31. The lowest BCUT2D eigenvalue weighted by molar-refractivity contribution is 0.102. The van der Waals surface area contributed by atoms with Crippen molar-refractivity contribution >= 4 is 21.9 Å². The number of unbranched alkanes of at least 4 members (excludes halogenated alkanes) is 1. The quantitative estimate of drug-likeness (QED) is 0.432. The maximum atomic E-state index is 12.8. The van der Waals surface area contributed by atoms with Crippen LogP contribution in [0, 0.1) is 0 Å². The molecule has 2 aromatic carbocycles. The Bertz CT molecular complexity index is 1220. The van der Waals surface area contributed by atoms with Gasteiger partial charge in [0.2, 0.25) is 15.9 Å². The van der Waals surface area contributed by atoms with E-state index < -0.39 is 15.9 Å². The molecule has 1 heterocycles. The van der Waals surface area contributed by atoms with E-state index in [2.05, 4.69) is 15.5 Å². The molecule has 0 saturated carbocycles. The molecule has 1 aromatic heterocycles. The van der Waals surface area contributed by atoms with Crippen LogP contribution in [0.25, 0.3) is 11.5 Å². The number of amides is 1. The molecule has 11 heteroatoms. The molecule has 1 N–H and O–H groups in total. The van der Waals surface area contributed by atoms with Crippen LogP contribution in [0.5, 0.6) is 11.5 Å². The second-order valence-electron chi connectivity index (χ2n) is 7.31. The van der Waals surface area contributed by atoms with Crippen LogP contribution in [-0.2, 0) is 10.0 Å². The van der Waals surface area contributed by atoms with E-state index in [1.54, 1.807) is 25.1 Å². The second kappa shape index (κ2) is 11.1. The summed E-state index contributed by atoms with van der Waals surface area (Å²) in [5.41, 5.74) is 0.838. The van der Waals surface area contributed by atoms with Gasteiger partial charge in [-0.2, -0.15) is 4.31 Å². The van der Waals surface area contributed by atoms with Gasteiger partial charge in [0.15, 0.2) is 11.5 Å². The van der Waals surface area contributed by atoms with Gasteiger partial charge >= 0.3 is 6.01 Å². The number of ether oxygens (including phenoxy) is 2. The van der Waals surface area contributed by atoms with Crippen LogP contribution < -0.4 is 14.8 Å². The third-order valence-electron chi connectivity index (χ3n) is 5.14. The molecule has 0 saturated heterocycles. The summed E-state index contributed by atoms with van der Waals surface area (Å²) in [4.78, 5) is 12.7. The number of benzene rings is 2. The van der Waals surface area contributed by atoms with E-state index in [1.807, 2.05) is 6.92 Å². The second-order valence-corrected chi connectivity index (χ2v) is 9.25. The first-order chi connectivity index (χ1) is 16.3. The summed E-state index contributed by atoms with van der Waals surface area (Å²) in [7, 11) is -0.571. The number of hydrogen-bond acceptors (Lipinski definition) is 8. The first-order valence-corrected chi connectivity index (χ1v) is 12.3. The van der Waals surface area contributed by atoms with Crippen LogP contribution in [0.2, 0.25) is 0 Å². The van der Waals surface area contributed by atoms with Crippen molar-refractivity contribution in [2.24, 2.45) is 0 Å². The van der Waals surface area contributed by atoms with E-state index in [0.717, 1.165) is 12.8 Å². The zero-order valence-electron chi connectivity index (χ0n) is 19.6. The normalized spacial score (nSPS) is 11.4. The van der Waals surface area contributed by atoms with Crippen LogP contribution in [0.4, 0.5) is 6.01 Å². The number of sulfonamides is 1. The van der Waals surface area contributed by atoms with Gasteiger partial charge in [-0.1, -0.05) is 25.4 Å². The minimum Gasteiger partial charge on any atom is -0.493 e. The lowest BCUT2D eigenvalue weighted by Gasteiger charge is -2.20. The van der Waals surface area contributed by atoms with Crippen LogP contribution in [0.3, 0.4) is 0 Å². The summed E-state index contributed by atoms with van der Waals surface area (Å²) in [6.45, 7) is 4.64. The summed E-state index contributed by atoms with van der Waals surface area (Å²) in [5, 5.41) is 10.3. The van der Waals surface area contributed by atoms with Gasteiger partial charge in [0.05, 0.1) is 19.1 Å². The van der Waals surface area contributed by atoms with E-state index in [9.17, 15) is 13.2 Å². The number of aromatic nitrogens is 2.